The minimum atomic E-state index is -4.84. The third-order valence-corrected chi connectivity index (χ3v) is 6.68. The highest BCUT2D eigenvalue weighted by atomic mass is 35.5. The van der Waals surface area contributed by atoms with E-state index in [1.807, 2.05) is 0 Å². The van der Waals surface area contributed by atoms with E-state index in [2.05, 4.69) is 19.7 Å². The van der Waals surface area contributed by atoms with Gasteiger partial charge in [-0.1, -0.05) is 17.7 Å². The Morgan fingerprint density at radius 2 is 1.84 bits per heavy atom. The highest BCUT2D eigenvalue weighted by molar-refractivity contribution is 6.33. The van der Waals surface area contributed by atoms with Gasteiger partial charge in [0.1, 0.15) is 11.6 Å². The van der Waals surface area contributed by atoms with Crippen LogP contribution in [0.15, 0.2) is 47.3 Å². The van der Waals surface area contributed by atoms with E-state index in [4.69, 9.17) is 16.3 Å². The molecular weight excluding hydrogens is 511 g/mol. The molecule has 0 amide bonds. The van der Waals surface area contributed by atoms with Gasteiger partial charge in [0.2, 0.25) is 5.60 Å². The molecule has 0 aliphatic heterocycles. The van der Waals surface area contributed by atoms with Crippen LogP contribution >= 0.6 is 11.6 Å². The second-order valence-corrected chi connectivity index (χ2v) is 9.48. The summed E-state index contributed by atoms with van der Waals surface area (Å²) in [4.78, 5) is 35.6. The van der Waals surface area contributed by atoms with Crippen LogP contribution in [0.4, 0.5) is 13.2 Å². The number of benzene rings is 2. The second kappa shape index (κ2) is 10.6. The molecule has 0 spiro atoms. The Morgan fingerprint density at radius 1 is 1.14 bits per heavy atom. The molecular formula is C26H25ClF3N3O4. The summed E-state index contributed by atoms with van der Waals surface area (Å²) in [6.07, 6.45) is -2.89. The summed E-state index contributed by atoms with van der Waals surface area (Å²) >= 11 is 6.35. The summed E-state index contributed by atoms with van der Waals surface area (Å²) in [7, 11) is 0.851. The van der Waals surface area contributed by atoms with Crippen LogP contribution in [0.25, 0.3) is 22.8 Å². The van der Waals surface area contributed by atoms with Gasteiger partial charge < -0.3 is 9.47 Å². The molecule has 1 N–H and O–H groups in total. The van der Waals surface area contributed by atoms with Gasteiger partial charge in [-0.05, 0) is 74.1 Å². The number of nitrogens with one attached hydrogen (secondary N) is 1. The zero-order chi connectivity index (χ0) is 26.8. The fourth-order valence-electron chi connectivity index (χ4n) is 3.63. The molecule has 11 heteroatoms. The molecule has 0 unspecified atom stereocenters. The van der Waals surface area contributed by atoms with Crippen LogP contribution < -0.4 is 10.4 Å². The van der Waals surface area contributed by atoms with E-state index < -0.39 is 29.7 Å². The van der Waals surface area contributed by atoms with Gasteiger partial charge in [-0.2, -0.15) is 18.2 Å². The van der Waals surface area contributed by atoms with Gasteiger partial charge in [-0.3, -0.25) is 9.78 Å². The van der Waals surface area contributed by atoms with Crippen LogP contribution in [0.1, 0.15) is 31.7 Å². The molecule has 1 aliphatic rings. The van der Waals surface area contributed by atoms with Crippen LogP contribution in [0.5, 0.6) is 5.75 Å². The highest BCUT2D eigenvalue weighted by Gasteiger charge is 2.56. The SMILES string of the molecule is CO[C@](C)(C(=O)CCc1ccc(Cl)c(-c2nc(-c3ccc(OCC4CC4)cc3)nc(=O)[nH]2)c1)C(F)(F)F. The van der Waals surface area contributed by atoms with E-state index in [0.29, 0.717) is 41.9 Å². The van der Waals surface area contributed by atoms with Crippen molar-refractivity contribution >= 4 is 17.4 Å². The van der Waals surface area contributed by atoms with Crippen molar-refractivity contribution in [3.05, 3.63) is 63.5 Å². The van der Waals surface area contributed by atoms with Crippen molar-refractivity contribution in [3.63, 3.8) is 0 Å². The summed E-state index contributed by atoms with van der Waals surface area (Å²) in [5.74, 6) is 0.540. The van der Waals surface area contributed by atoms with Gasteiger partial charge in [-0.25, -0.2) is 9.78 Å². The number of carbonyl (C=O) groups excluding carboxylic acids is 1. The quantitative estimate of drug-likeness (QED) is 0.373. The molecule has 1 aromatic heterocycles. The van der Waals surface area contributed by atoms with Crippen LogP contribution in [-0.4, -0.2) is 46.2 Å². The van der Waals surface area contributed by atoms with Gasteiger partial charge in [-0.15, -0.1) is 0 Å². The molecule has 7 nitrogen and oxygen atoms in total. The maximum absolute atomic E-state index is 13.3. The van der Waals surface area contributed by atoms with Crippen LogP contribution in [0.3, 0.4) is 0 Å². The van der Waals surface area contributed by atoms with Crippen molar-refractivity contribution in [3.8, 4) is 28.5 Å². The van der Waals surface area contributed by atoms with Gasteiger partial charge >= 0.3 is 11.9 Å². The molecule has 1 fully saturated rings. The Hall–Kier alpha value is -3.24. The van der Waals surface area contributed by atoms with Gasteiger partial charge in [0.05, 0.1) is 11.6 Å². The lowest BCUT2D eigenvalue weighted by molar-refractivity contribution is -0.252. The Balaban J connectivity index is 1.54. The number of halogens is 4. The molecule has 0 radical (unpaired) electrons. The topological polar surface area (TPSA) is 94.2 Å². The number of aromatic nitrogens is 3. The molecule has 1 atom stereocenters. The molecule has 37 heavy (non-hydrogen) atoms. The first-order valence-electron chi connectivity index (χ1n) is 11.7. The minimum Gasteiger partial charge on any atom is -0.493 e. The lowest BCUT2D eigenvalue weighted by atomic mass is 9.94. The average molecular weight is 536 g/mol. The number of ether oxygens (including phenoxy) is 2. The minimum absolute atomic E-state index is 0.00250. The van der Waals surface area contributed by atoms with Crippen LogP contribution in [-0.2, 0) is 16.0 Å². The number of aryl methyl sites for hydroxylation is 1. The zero-order valence-corrected chi connectivity index (χ0v) is 20.9. The molecule has 1 aliphatic carbocycles. The number of H-pyrrole nitrogens is 1. The van der Waals surface area contributed by atoms with E-state index in [9.17, 15) is 22.8 Å². The monoisotopic (exact) mass is 535 g/mol. The summed E-state index contributed by atoms with van der Waals surface area (Å²) in [5.41, 5.74) is -2.07. The Labute approximate surface area is 216 Å². The standard InChI is InChI=1S/C26H25ClF3N3O4/c1-25(36-2,26(28,29)30)21(34)12-6-15-5-11-20(27)19(13-15)23-31-22(32-24(35)33-23)17-7-9-18(10-8-17)37-14-16-3-4-16/h5,7-11,13,16H,3-4,6,12,14H2,1-2H3,(H,31,32,33,35)/t25-/m1/s1. The van der Waals surface area contributed by atoms with Gasteiger partial charge in [0, 0.05) is 24.7 Å². The van der Waals surface area contributed by atoms with E-state index in [1.54, 1.807) is 36.4 Å². The summed E-state index contributed by atoms with van der Waals surface area (Å²) in [5, 5.41) is 0.260. The Bertz CT molecular complexity index is 1340. The first-order valence-corrected chi connectivity index (χ1v) is 12.0. The van der Waals surface area contributed by atoms with Crippen molar-refractivity contribution in [1.82, 2.24) is 15.0 Å². The van der Waals surface area contributed by atoms with E-state index >= 15 is 0 Å². The number of nitrogens with zero attached hydrogens (tertiary/aromatic N) is 2. The van der Waals surface area contributed by atoms with Crippen molar-refractivity contribution in [2.45, 2.75) is 44.4 Å². The maximum Gasteiger partial charge on any atom is 0.424 e. The number of rotatable bonds is 10. The maximum atomic E-state index is 13.3. The first-order chi connectivity index (χ1) is 17.5. The number of Topliss-reactive ketones (excluding diaryl/α,β-unsaturated/α-hetero) is 1. The van der Waals surface area contributed by atoms with Gasteiger partial charge in [0.25, 0.3) is 0 Å². The molecule has 2 aromatic carbocycles. The number of hydrogen-bond donors (Lipinski definition) is 1. The number of aromatic amines is 1. The normalized spacial score (nSPS) is 15.3. The number of hydrogen-bond acceptors (Lipinski definition) is 6. The third-order valence-electron chi connectivity index (χ3n) is 6.35. The predicted molar refractivity (Wildman–Crippen MR) is 132 cm³/mol. The molecule has 1 saturated carbocycles. The fraction of sp³-hybridized carbons (Fsp3) is 0.385. The lowest BCUT2D eigenvalue weighted by Crippen LogP contribution is -2.51. The van der Waals surface area contributed by atoms with Crippen molar-refractivity contribution < 1.29 is 27.4 Å². The molecule has 0 bridgehead atoms. The third kappa shape index (κ3) is 6.19. The lowest BCUT2D eigenvalue weighted by Gasteiger charge is -2.29. The van der Waals surface area contributed by atoms with Crippen molar-refractivity contribution in [1.29, 1.82) is 0 Å². The molecule has 196 valence electrons. The zero-order valence-electron chi connectivity index (χ0n) is 20.2. The van der Waals surface area contributed by atoms with Crippen LogP contribution in [0, 0.1) is 5.92 Å². The first kappa shape index (κ1) is 26.8. The number of alkyl halides is 3. The highest BCUT2D eigenvalue weighted by Crippen LogP contribution is 2.35. The van der Waals surface area contributed by atoms with Crippen LogP contribution in [0.2, 0.25) is 5.02 Å². The Kier molecular flexibility index (Phi) is 7.70. The molecule has 3 aromatic rings. The number of ketones is 1. The van der Waals surface area contributed by atoms with Crippen molar-refractivity contribution in [2.24, 2.45) is 5.92 Å². The molecule has 1 heterocycles. The van der Waals surface area contributed by atoms with Crippen molar-refractivity contribution in [2.75, 3.05) is 13.7 Å². The van der Waals surface area contributed by atoms with E-state index in [0.717, 1.165) is 7.11 Å². The second-order valence-electron chi connectivity index (χ2n) is 9.08. The van der Waals surface area contributed by atoms with Gasteiger partial charge in [0.15, 0.2) is 11.6 Å². The van der Waals surface area contributed by atoms with E-state index in [-0.39, 0.29) is 23.1 Å². The molecule has 4 rings (SSSR count). The number of carbonyl (C=O) groups is 1. The molecule has 0 saturated heterocycles. The average Bonchev–Trinajstić information content (AvgIpc) is 3.70. The smallest absolute Gasteiger partial charge is 0.424 e. The van der Waals surface area contributed by atoms with E-state index in [1.165, 1.54) is 18.9 Å². The fourth-order valence-corrected chi connectivity index (χ4v) is 3.84. The number of methoxy groups -OCH3 is 1. The summed E-state index contributed by atoms with van der Waals surface area (Å²) in [6.45, 7) is 1.38. The largest absolute Gasteiger partial charge is 0.493 e. The predicted octanol–water partition coefficient (Wildman–Crippen LogP) is 5.41. The Morgan fingerprint density at radius 3 is 2.46 bits per heavy atom. The summed E-state index contributed by atoms with van der Waals surface area (Å²) < 4.78 is 50.2. The summed E-state index contributed by atoms with van der Waals surface area (Å²) in [6, 6.07) is 11.8.